The number of nitrogens with zero attached hydrogens (tertiary/aromatic N) is 1. The molecule has 3 nitrogen and oxygen atoms in total. The van der Waals surface area contributed by atoms with Gasteiger partial charge in [-0.3, -0.25) is 10.1 Å². The van der Waals surface area contributed by atoms with Gasteiger partial charge in [-0.2, -0.15) is 0 Å². The Morgan fingerprint density at radius 1 is 1.00 bits per heavy atom. The highest BCUT2D eigenvalue weighted by Crippen LogP contribution is 2.30. The van der Waals surface area contributed by atoms with Gasteiger partial charge in [0, 0.05) is 16.0 Å². The Bertz CT molecular complexity index is 842. The van der Waals surface area contributed by atoms with E-state index in [-0.39, 0.29) is 11.7 Å². The molecule has 1 aromatic heterocycles. The van der Waals surface area contributed by atoms with Crippen LogP contribution in [0.3, 0.4) is 0 Å². The summed E-state index contributed by atoms with van der Waals surface area (Å²) in [5.74, 6) is -1.07. The molecule has 0 atom stereocenters. The number of thiazole rings is 1. The Hall–Kier alpha value is -2.60. The summed E-state index contributed by atoms with van der Waals surface area (Å²) in [5, 5.41) is 3.13. The van der Waals surface area contributed by atoms with Crippen molar-refractivity contribution < 1.29 is 13.6 Å². The molecule has 0 aliphatic heterocycles. The molecule has 0 saturated carbocycles. The third-order valence-corrected chi connectivity index (χ3v) is 4.13. The number of hydrogen-bond donors (Lipinski definition) is 1. The van der Waals surface area contributed by atoms with E-state index in [2.05, 4.69) is 10.3 Å². The largest absolute Gasteiger partial charge is 0.298 e. The van der Waals surface area contributed by atoms with Crippen LogP contribution in [-0.2, 0) is 0 Å². The Labute approximate surface area is 135 Å². The van der Waals surface area contributed by atoms with Crippen LogP contribution >= 0.6 is 11.3 Å². The van der Waals surface area contributed by atoms with Crippen molar-refractivity contribution in [3.63, 3.8) is 0 Å². The van der Waals surface area contributed by atoms with Crippen molar-refractivity contribution in [3.05, 3.63) is 70.6 Å². The Balaban J connectivity index is 1.82. The predicted octanol–water partition coefficient (Wildman–Crippen LogP) is 4.65. The molecule has 0 radical (unpaired) electrons. The molecular weight excluding hydrogens is 318 g/mol. The SMILES string of the molecule is Cc1sc(NC(=O)c2ccc(F)cc2)nc1-c1ccc(F)cc1. The van der Waals surface area contributed by atoms with Crippen molar-refractivity contribution in [3.8, 4) is 11.3 Å². The molecule has 3 rings (SSSR count). The van der Waals surface area contributed by atoms with Crippen molar-refractivity contribution >= 4 is 22.4 Å². The van der Waals surface area contributed by atoms with Gasteiger partial charge in [0.15, 0.2) is 5.13 Å². The lowest BCUT2D eigenvalue weighted by molar-refractivity contribution is 0.102. The zero-order valence-corrected chi connectivity index (χ0v) is 13.0. The van der Waals surface area contributed by atoms with E-state index in [9.17, 15) is 13.6 Å². The molecular formula is C17H12F2N2OS. The smallest absolute Gasteiger partial charge is 0.257 e. The zero-order valence-electron chi connectivity index (χ0n) is 12.1. The van der Waals surface area contributed by atoms with Crippen LogP contribution in [0.1, 0.15) is 15.2 Å². The average molecular weight is 330 g/mol. The first-order valence-electron chi connectivity index (χ1n) is 6.83. The molecule has 23 heavy (non-hydrogen) atoms. The van der Waals surface area contributed by atoms with Crippen molar-refractivity contribution in [2.24, 2.45) is 0 Å². The van der Waals surface area contributed by atoms with Crippen LogP contribution in [0.4, 0.5) is 13.9 Å². The van der Waals surface area contributed by atoms with E-state index < -0.39 is 5.82 Å². The predicted molar refractivity (Wildman–Crippen MR) is 86.6 cm³/mol. The van der Waals surface area contributed by atoms with Gasteiger partial charge in [-0.15, -0.1) is 11.3 Å². The molecule has 3 aromatic rings. The van der Waals surface area contributed by atoms with E-state index in [0.29, 0.717) is 16.4 Å². The van der Waals surface area contributed by atoms with E-state index in [1.165, 1.54) is 47.7 Å². The van der Waals surface area contributed by atoms with Crippen LogP contribution in [-0.4, -0.2) is 10.9 Å². The summed E-state index contributed by atoms with van der Waals surface area (Å²) >= 11 is 1.33. The van der Waals surface area contributed by atoms with Gasteiger partial charge in [-0.25, -0.2) is 13.8 Å². The van der Waals surface area contributed by atoms with Crippen LogP contribution in [0.15, 0.2) is 48.5 Å². The van der Waals surface area contributed by atoms with E-state index in [1.807, 2.05) is 6.92 Å². The zero-order chi connectivity index (χ0) is 16.4. The van der Waals surface area contributed by atoms with Gasteiger partial charge in [0.1, 0.15) is 11.6 Å². The highest BCUT2D eigenvalue weighted by Gasteiger charge is 2.13. The molecule has 116 valence electrons. The normalized spacial score (nSPS) is 10.6. The summed E-state index contributed by atoms with van der Waals surface area (Å²) in [5.41, 5.74) is 1.83. The lowest BCUT2D eigenvalue weighted by Gasteiger charge is -2.01. The van der Waals surface area contributed by atoms with Gasteiger partial charge in [-0.05, 0) is 55.5 Å². The summed E-state index contributed by atoms with van der Waals surface area (Å²) in [6.07, 6.45) is 0. The Morgan fingerprint density at radius 3 is 2.17 bits per heavy atom. The molecule has 0 bridgehead atoms. The van der Waals surface area contributed by atoms with Gasteiger partial charge >= 0.3 is 0 Å². The number of hydrogen-bond acceptors (Lipinski definition) is 3. The number of aromatic nitrogens is 1. The van der Waals surface area contributed by atoms with Gasteiger partial charge in [0.05, 0.1) is 5.69 Å². The van der Waals surface area contributed by atoms with Crippen LogP contribution in [0, 0.1) is 18.6 Å². The minimum absolute atomic E-state index is 0.313. The highest BCUT2D eigenvalue weighted by molar-refractivity contribution is 7.16. The molecule has 1 heterocycles. The number of rotatable bonds is 3. The number of benzene rings is 2. The fraction of sp³-hybridized carbons (Fsp3) is 0.0588. The maximum atomic E-state index is 13.0. The van der Waals surface area contributed by atoms with Gasteiger partial charge in [-0.1, -0.05) is 0 Å². The van der Waals surface area contributed by atoms with E-state index >= 15 is 0 Å². The van der Waals surface area contributed by atoms with Crippen molar-refractivity contribution in [2.75, 3.05) is 5.32 Å². The summed E-state index contributed by atoms with van der Waals surface area (Å²) in [7, 11) is 0. The summed E-state index contributed by atoms with van der Waals surface area (Å²) in [4.78, 5) is 17.4. The standard InChI is InChI=1S/C17H12F2N2OS/c1-10-15(11-2-6-13(18)7-3-11)20-17(23-10)21-16(22)12-4-8-14(19)9-5-12/h2-9H,1H3,(H,20,21,22). The molecule has 1 amide bonds. The van der Waals surface area contributed by atoms with Crippen LogP contribution in [0.5, 0.6) is 0 Å². The summed E-state index contributed by atoms with van der Waals surface area (Å²) in [6, 6.07) is 11.3. The molecule has 2 aromatic carbocycles. The first-order valence-corrected chi connectivity index (χ1v) is 7.65. The third-order valence-electron chi connectivity index (χ3n) is 3.24. The number of nitrogens with one attached hydrogen (secondary N) is 1. The Kier molecular flexibility index (Phi) is 4.16. The van der Waals surface area contributed by atoms with Crippen molar-refractivity contribution in [2.45, 2.75) is 6.92 Å². The summed E-state index contributed by atoms with van der Waals surface area (Å²) < 4.78 is 25.9. The molecule has 0 aliphatic rings. The first-order chi connectivity index (χ1) is 11.0. The third kappa shape index (κ3) is 3.43. The summed E-state index contributed by atoms with van der Waals surface area (Å²) in [6.45, 7) is 1.88. The molecule has 6 heteroatoms. The monoisotopic (exact) mass is 330 g/mol. The lowest BCUT2D eigenvalue weighted by atomic mass is 10.1. The fourth-order valence-corrected chi connectivity index (χ4v) is 2.93. The van der Waals surface area contributed by atoms with Crippen LogP contribution in [0.2, 0.25) is 0 Å². The topological polar surface area (TPSA) is 42.0 Å². The lowest BCUT2D eigenvalue weighted by Crippen LogP contribution is -2.11. The van der Waals surface area contributed by atoms with Crippen molar-refractivity contribution in [1.29, 1.82) is 0 Å². The average Bonchev–Trinajstić information content (AvgIpc) is 2.89. The van der Waals surface area contributed by atoms with Crippen molar-refractivity contribution in [1.82, 2.24) is 4.98 Å². The second-order valence-corrected chi connectivity index (χ2v) is 6.09. The number of carbonyl (C=O) groups is 1. The minimum Gasteiger partial charge on any atom is -0.298 e. The molecule has 0 spiro atoms. The van der Waals surface area contributed by atoms with E-state index in [0.717, 1.165) is 10.4 Å². The Morgan fingerprint density at radius 2 is 1.57 bits per heavy atom. The fourth-order valence-electron chi connectivity index (χ4n) is 2.10. The molecule has 1 N–H and O–H groups in total. The van der Waals surface area contributed by atoms with Crippen LogP contribution in [0.25, 0.3) is 11.3 Å². The number of aryl methyl sites for hydroxylation is 1. The number of amides is 1. The van der Waals surface area contributed by atoms with E-state index in [1.54, 1.807) is 12.1 Å². The number of carbonyl (C=O) groups excluding carboxylic acids is 1. The number of anilines is 1. The molecule has 0 fully saturated rings. The second-order valence-electron chi connectivity index (χ2n) is 4.89. The molecule has 0 saturated heterocycles. The van der Waals surface area contributed by atoms with Gasteiger partial charge in [0.2, 0.25) is 0 Å². The molecule has 0 aliphatic carbocycles. The maximum absolute atomic E-state index is 13.0. The molecule has 0 unspecified atom stereocenters. The maximum Gasteiger partial charge on any atom is 0.257 e. The van der Waals surface area contributed by atoms with Gasteiger partial charge in [0.25, 0.3) is 5.91 Å². The highest BCUT2D eigenvalue weighted by atomic mass is 32.1. The number of halogens is 2. The quantitative estimate of drug-likeness (QED) is 0.759. The van der Waals surface area contributed by atoms with Gasteiger partial charge < -0.3 is 0 Å². The first kappa shape index (κ1) is 15.3. The van der Waals surface area contributed by atoms with E-state index in [4.69, 9.17) is 0 Å². The minimum atomic E-state index is -0.398. The second kappa shape index (κ2) is 6.26. The van der Waals surface area contributed by atoms with Crippen LogP contribution < -0.4 is 5.32 Å².